The highest BCUT2D eigenvalue weighted by molar-refractivity contribution is 5.93. The highest BCUT2D eigenvalue weighted by Gasteiger charge is 2.35. The van der Waals surface area contributed by atoms with E-state index < -0.39 is 6.04 Å². The number of furan rings is 1. The maximum Gasteiger partial charge on any atom is 0.252 e. The van der Waals surface area contributed by atoms with E-state index in [2.05, 4.69) is 26.9 Å². The highest BCUT2D eigenvalue weighted by Crippen LogP contribution is 2.30. The first-order valence-corrected chi connectivity index (χ1v) is 14.8. The number of aromatic nitrogens is 6. The third-order valence-corrected chi connectivity index (χ3v) is 8.06. The van der Waals surface area contributed by atoms with Gasteiger partial charge in [0, 0.05) is 38.5 Å². The van der Waals surface area contributed by atoms with E-state index in [-0.39, 0.29) is 17.9 Å². The maximum atomic E-state index is 14.5. The molecule has 230 valence electrons. The number of ether oxygens (including phenoxy) is 2. The topological polar surface area (TPSA) is 142 Å². The molecule has 1 aliphatic heterocycles. The van der Waals surface area contributed by atoms with Gasteiger partial charge < -0.3 is 29.4 Å². The zero-order chi connectivity index (χ0) is 30.9. The molecule has 0 aliphatic carbocycles. The first-order valence-electron chi connectivity index (χ1n) is 14.8. The van der Waals surface area contributed by atoms with E-state index >= 15 is 0 Å². The lowest BCUT2D eigenvalue weighted by Gasteiger charge is -2.42. The zero-order valence-corrected chi connectivity index (χ0v) is 25.0. The summed E-state index contributed by atoms with van der Waals surface area (Å²) in [7, 11) is 1.65. The fraction of sp³-hybridized carbons (Fsp3) is 0.281. The van der Waals surface area contributed by atoms with Crippen molar-refractivity contribution < 1.29 is 18.7 Å². The third-order valence-electron chi connectivity index (χ3n) is 8.06. The van der Waals surface area contributed by atoms with Crippen LogP contribution >= 0.6 is 0 Å². The number of carbonyl (C=O) groups excluding carboxylic acids is 1. The first kappa shape index (κ1) is 28.3. The minimum Gasteiger partial charge on any atom is -0.491 e. The van der Waals surface area contributed by atoms with Crippen LogP contribution in [0.2, 0.25) is 0 Å². The van der Waals surface area contributed by atoms with Gasteiger partial charge in [-0.3, -0.25) is 4.79 Å². The largest absolute Gasteiger partial charge is 0.491 e. The molecule has 0 saturated carbocycles. The number of methoxy groups -OCH3 is 1. The van der Waals surface area contributed by atoms with E-state index in [1.165, 1.54) is 4.52 Å². The Balaban J connectivity index is 1.18. The van der Waals surface area contributed by atoms with Crippen molar-refractivity contribution in [1.29, 1.82) is 0 Å². The molecule has 45 heavy (non-hydrogen) atoms. The Morgan fingerprint density at radius 3 is 2.58 bits per heavy atom. The monoisotopic (exact) mass is 607 g/mol. The number of hydrogen-bond acceptors (Lipinski definition) is 10. The summed E-state index contributed by atoms with van der Waals surface area (Å²) in [6, 6.07) is 20.4. The van der Waals surface area contributed by atoms with Crippen molar-refractivity contribution in [2.45, 2.75) is 19.0 Å². The average molecular weight is 608 g/mol. The first-order chi connectivity index (χ1) is 22.0. The molecule has 7 rings (SSSR count). The van der Waals surface area contributed by atoms with Crippen molar-refractivity contribution in [3.63, 3.8) is 0 Å². The summed E-state index contributed by atoms with van der Waals surface area (Å²) in [6.07, 6.45) is 3.22. The molecule has 2 N–H and O–H groups in total. The molecule has 5 heterocycles. The molecule has 4 aromatic heterocycles. The quantitative estimate of drug-likeness (QED) is 0.242. The molecule has 1 fully saturated rings. The Bertz CT molecular complexity index is 1920. The molecule has 13 nitrogen and oxygen atoms in total. The lowest BCUT2D eigenvalue weighted by molar-refractivity contribution is -0.136. The number of anilines is 2. The second-order valence-corrected chi connectivity index (χ2v) is 10.9. The number of nitrogen functional groups attached to an aromatic ring is 1. The standard InChI is InChI=1S/C32H33N9O4/c1-21-20-38(23-10-12-24(13-11-23)44-18-17-43-2)14-15-39(21)31(42)27(22-7-4-3-5-8-22)40-30-25(19-34-40)29-35-28(26-9-6-16-45-26)37-41(29)32(33)36-30/h3-13,16,19,21,27H,14-15,17-18,20H2,1-2H3,(H2,33,36)/t21-,27-/m1/s1. The Morgan fingerprint density at radius 2 is 1.84 bits per heavy atom. The number of hydrogen-bond donors (Lipinski definition) is 1. The van der Waals surface area contributed by atoms with E-state index in [4.69, 9.17) is 24.7 Å². The number of piperazine rings is 1. The van der Waals surface area contributed by atoms with Gasteiger partial charge in [0.25, 0.3) is 5.91 Å². The molecule has 1 amide bonds. The van der Waals surface area contributed by atoms with Crippen molar-refractivity contribution in [3.8, 4) is 17.3 Å². The van der Waals surface area contributed by atoms with Gasteiger partial charge in [0.05, 0.1) is 24.5 Å². The van der Waals surface area contributed by atoms with Crippen LogP contribution in [0, 0.1) is 0 Å². The lowest BCUT2D eigenvalue weighted by Crippen LogP contribution is -2.55. The highest BCUT2D eigenvalue weighted by atomic mass is 16.5. The molecule has 1 saturated heterocycles. The predicted molar refractivity (Wildman–Crippen MR) is 168 cm³/mol. The summed E-state index contributed by atoms with van der Waals surface area (Å²) < 4.78 is 19.4. The average Bonchev–Trinajstić information content (AvgIpc) is 3.83. The molecular formula is C32H33N9O4. The molecule has 0 bridgehead atoms. The van der Waals surface area contributed by atoms with Crippen LogP contribution in [0.4, 0.5) is 11.6 Å². The lowest BCUT2D eigenvalue weighted by atomic mass is 10.0. The molecule has 0 spiro atoms. The van der Waals surface area contributed by atoms with E-state index in [0.29, 0.717) is 61.1 Å². The Kier molecular flexibility index (Phi) is 7.51. The van der Waals surface area contributed by atoms with Crippen LogP contribution in [0.3, 0.4) is 0 Å². The summed E-state index contributed by atoms with van der Waals surface area (Å²) in [4.78, 5) is 28.0. The van der Waals surface area contributed by atoms with Gasteiger partial charge in [0.2, 0.25) is 11.8 Å². The van der Waals surface area contributed by atoms with E-state index in [1.54, 1.807) is 36.4 Å². The second kappa shape index (κ2) is 11.9. The predicted octanol–water partition coefficient (Wildman–Crippen LogP) is 3.67. The van der Waals surface area contributed by atoms with Gasteiger partial charge in [-0.15, -0.1) is 5.10 Å². The molecule has 0 unspecified atom stereocenters. The van der Waals surface area contributed by atoms with Crippen LogP contribution in [0.25, 0.3) is 28.3 Å². The van der Waals surface area contributed by atoms with E-state index in [9.17, 15) is 4.79 Å². The third kappa shape index (κ3) is 5.31. The maximum absolute atomic E-state index is 14.5. The minimum atomic E-state index is -0.761. The summed E-state index contributed by atoms with van der Waals surface area (Å²) in [5.41, 5.74) is 9.17. The minimum absolute atomic E-state index is 0.0611. The van der Waals surface area contributed by atoms with Crippen LogP contribution in [0.1, 0.15) is 18.5 Å². The van der Waals surface area contributed by atoms with Gasteiger partial charge in [-0.05, 0) is 48.9 Å². The number of amides is 1. The SMILES string of the molecule is COCCOc1ccc(N2CCN(C(=O)[C@@H](c3ccccc3)n3ncc4c3nc(N)n3nc(-c5ccco5)nc43)[C@H](C)C2)cc1. The van der Waals surface area contributed by atoms with Gasteiger partial charge in [-0.25, -0.2) is 9.67 Å². The van der Waals surface area contributed by atoms with Crippen LogP contribution < -0.4 is 15.4 Å². The van der Waals surface area contributed by atoms with Crippen LogP contribution in [0.5, 0.6) is 5.75 Å². The van der Waals surface area contributed by atoms with E-state index in [0.717, 1.165) is 17.0 Å². The number of fused-ring (bicyclic) bond motifs is 3. The van der Waals surface area contributed by atoms with E-state index in [1.807, 2.05) is 59.5 Å². The molecular weight excluding hydrogens is 574 g/mol. The van der Waals surface area contributed by atoms with Crippen molar-refractivity contribution in [3.05, 3.63) is 84.8 Å². The summed E-state index contributed by atoms with van der Waals surface area (Å²) >= 11 is 0. The van der Waals surface area contributed by atoms with Crippen LogP contribution in [-0.2, 0) is 9.53 Å². The Labute approximate surface area is 258 Å². The van der Waals surface area contributed by atoms with Gasteiger partial charge in [-0.1, -0.05) is 30.3 Å². The Morgan fingerprint density at radius 1 is 1.02 bits per heavy atom. The molecule has 1 aliphatic rings. The van der Waals surface area contributed by atoms with Crippen LogP contribution in [0.15, 0.2) is 83.6 Å². The van der Waals surface area contributed by atoms with Crippen LogP contribution in [-0.4, -0.2) is 86.2 Å². The fourth-order valence-corrected chi connectivity index (χ4v) is 5.82. The molecule has 2 atom stereocenters. The molecule has 13 heteroatoms. The Hall–Kier alpha value is -5.43. The number of benzene rings is 2. The summed E-state index contributed by atoms with van der Waals surface area (Å²) in [6.45, 7) is 5.02. The number of rotatable bonds is 9. The molecule has 2 aromatic carbocycles. The normalized spacial score (nSPS) is 16.0. The van der Waals surface area contributed by atoms with Gasteiger partial charge in [0.1, 0.15) is 12.4 Å². The number of nitrogens with two attached hydrogens (primary N) is 1. The fourth-order valence-electron chi connectivity index (χ4n) is 5.82. The summed E-state index contributed by atoms with van der Waals surface area (Å²) in [5.74, 6) is 1.74. The van der Waals surface area contributed by atoms with Crippen molar-refractivity contribution in [2.24, 2.45) is 0 Å². The number of carbonyl (C=O) groups is 1. The van der Waals surface area contributed by atoms with Gasteiger partial charge >= 0.3 is 0 Å². The number of nitrogens with zero attached hydrogens (tertiary/aromatic N) is 8. The van der Waals surface area contributed by atoms with Crippen molar-refractivity contribution in [1.82, 2.24) is 34.3 Å². The zero-order valence-electron chi connectivity index (χ0n) is 25.0. The molecule has 6 aromatic rings. The van der Waals surface area contributed by atoms with Crippen molar-refractivity contribution >= 4 is 34.2 Å². The molecule has 0 radical (unpaired) electrons. The second-order valence-electron chi connectivity index (χ2n) is 10.9. The summed E-state index contributed by atoms with van der Waals surface area (Å²) in [5, 5.41) is 9.80. The van der Waals surface area contributed by atoms with Crippen molar-refractivity contribution in [2.75, 3.05) is 50.6 Å². The van der Waals surface area contributed by atoms with Gasteiger partial charge in [0.15, 0.2) is 23.1 Å². The van der Waals surface area contributed by atoms with Gasteiger partial charge in [-0.2, -0.15) is 14.6 Å². The smallest absolute Gasteiger partial charge is 0.252 e.